The van der Waals surface area contributed by atoms with Gasteiger partial charge in [-0.05, 0) is 18.6 Å². The fourth-order valence-corrected chi connectivity index (χ4v) is 2.44. The number of carboxylic acid groups (broad SMARTS) is 1. The van der Waals surface area contributed by atoms with Crippen molar-refractivity contribution >= 4 is 5.97 Å². The molecule has 98 valence electrons. The van der Waals surface area contributed by atoms with E-state index in [0.717, 1.165) is 6.42 Å². The molecule has 1 unspecified atom stereocenters. The van der Waals surface area contributed by atoms with Crippen LogP contribution in [0.15, 0.2) is 24.4 Å². The summed E-state index contributed by atoms with van der Waals surface area (Å²) in [4.78, 5) is 19.8. The van der Waals surface area contributed by atoms with E-state index in [9.17, 15) is 9.90 Å². The number of hydrogen-bond donors (Lipinski definition) is 2. The maximum Gasteiger partial charge on any atom is 0.356 e. The molecule has 0 amide bonds. The Bertz CT molecular complexity index is 621. The van der Waals surface area contributed by atoms with E-state index >= 15 is 0 Å². The lowest BCUT2D eigenvalue weighted by molar-refractivity contribution is 0.0689. The van der Waals surface area contributed by atoms with Gasteiger partial charge in [0.25, 0.3) is 0 Å². The maximum absolute atomic E-state index is 11.3. The Hall–Kier alpha value is -2.21. The molecule has 2 aromatic rings. The average molecular weight is 258 g/mol. The summed E-state index contributed by atoms with van der Waals surface area (Å²) in [7, 11) is 0. The number of carboxylic acids is 1. The lowest BCUT2D eigenvalue weighted by Gasteiger charge is -2.22. The summed E-state index contributed by atoms with van der Waals surface area (Å²) in [6.45, 7) is 0.683. The van der Waals surface area contributed by atoms with Gasteiger partial charge in [0.2, 0.25) is 0 Å². The zero-order valence-corrected chi connectivity index (χ0v) is 10.3. The van der Waals surface area contributed by atoms with Crippen LogP contribution < -0.4 is 5.73 Å². The number of carbonyl (C=O) groups is 1. The molecule has 0 aliphatic carbocycles. The van der Waals surface area contributed by atoms with Crippen molar-refractivity contribution < 1.29 is 9.90 Å². The van der Waals surface area contributed by atoms with Crippen molar-refractivity contribution in [2.45, 2.75) is 25.4 Å². The fraction of sp³-hybridized carbons (Fsp3) is 0.308. The van der Waals surface area contributed by atoms with E-state index < -0.39 is 5.97 Å². The monoisotopic (exact) mass is 258 g/mol. The molecule has 6 heteroatoms. The van der Waals surface area contributed by atoms with Gasteiger partial charge in [0, 0.05) is 25.2 Å². The minimum Gasteiger partial charge on any atom is -0.476 e. The second kappa shape index (κ2) is 4.47. The fourth-order valence-electron chi connectivity index (χ4n) is 2.44. The van der Waals surface area contributed by atoms with Crippen LogP contribution in [-0.4, -0.2) is 31.7 Å². The largest absolute Gasteiger partial charge is 0.476 e. The van der Waals surface area contributed by atoms with Crippen LogP contribution in [0, 0.1) is 0 Å². The summed E-state index contributed by atoms with van der Waals surface area (Å²) in [5, 5.41) is 9.25. The molecular formula is C13H14N4O2. The number of nitrogens with two attached hydrogens (primary N) is 1. The minimum absolute atomic E-state index is 0.00103. The molecule has 6 nitrogen and oxygen atoms in total. The smallest absolute Gasteiger partial charge is 0.356 e. The number of imidazole rings is 1. The van der Waals surface area contributed by atoms with Crippen LogP contribution in [-0.2, 0) is 13.0 Å². The SMILES string of the molecule is NC1CCn2c(-c3ccccn3)nc(C(=O)O)c2C1. The Morgan fingerprint density at radius 2 is 2.32 bits per heavy atom. The topological polar surface area (TPSA) is 94.0 Å². The van der Waals surface area contributed by atoms with Gasteiger partial charge >= 0.3 is 5.97 Å². The number of pyridine rings is 1. The van der Waals surface area contributed by atoms with Crippen LogP contribution in [0.4, 0.5) is 0 Å². The van der Waals surface area contributed by atoms with E-state index in [0.29, 0.717) is 30.2 Å². The lowest BCUT2D eigenvalue weighted by atomic mass is 10.0. The normalized spacial score (nSPS) is 18.1. The molecule has 0 saturated carbocycles. The van der Waals surface area contributed by atoms with Crippen LogP contribution in [0.3, 0.4) is 0 Å². The number of nitrogens with zero attached hydrogens (tertiary/aromatic N) is 3. The van der Waals surface area contributed by atoms with E-state index in [-0.39, 0.29) is 11.7 Å². The number of fused-ring (bicyclic) bond motifs is 1. The van der Waals surface area contributed by atoms with Crippen LogP contribution in [0.2, 0.25) is 0 Å². The molecule has 3 heterocycles. The van der Waals surface area contributed by atoms with Crippen LogP contribution in [0.25, 0.3) is 11.5 Å². The van der Waals surface area contributed by atoms with Crippen LogP contribution in [0.1, 0.15) is 22.6 Å². The second-order valence-electron chi connectivity index (χ2n) is 4.66. The molecule has 0 aromatic carbocycles. The van der Waals surface area contributed by atoms with E-state index in [1.54, 1.807) is 6.20 Å². The molecule has 19 heavy (non-hydrogen) atoms. The van der Waals surface area contributed by atoms with Crippen molar-refractivity contribution in [3.05, 3.63) is 35.8 Å². The molecule has 0 bridgehead atoms. The van der Waals surface area contributed by atoms with Crippen molar-refractivity contribution in [1.29, 1.82) is 0 Å². The molecule has 0 radical (unpaired) electrons. The van der Waals surface area contributed by atoms with Crippen molar-refractivity contribution in [2.75, 3.05) is 0 Å². The van der Waals surface area contributed by atoms with Crippen molar-refractivity contribution in [3.8, 4) is 11.5 Å². The number of aromatic nitrogens is 3. The standard InChI is InChI=1S/C13H14N4O2/c14-8-4-6-17-10(7-8)11(13(18)19)16-12(17)9-3-1-2-5-15-9/h1-3,5,8H,4,6-7,14H2,(H,18,19). The third-order valence-corrected chi connectivity index (χ3v) is 3.35. The molecule has 0 fully saturated rings. The van der Waals surface area contributed by atoms with E-state index in [1.165, 1.54) is 0 Å². The first-order chi connectivity index (χ1) is 9.16. The average Bonchev–Trinajstić information content (AvgIpc) is 2.78. The maximum atomic E-state index is 11.3. The predicted molar refractivity (Wildman–Crippen MR) is 68.7 cm³/mol. The predicted octanol–water partition coefficient (Wildman–Crippen LogP) is 0.917. The van der Waals surface area contributed by atoms with Crippen molar-refractivity contribution in [2.24, 2.45) is 5.73 Å². The lowest BCUT2D eigenvalue weighted by Crippen LogP contribution is -2.31. The minimum atomic E-state index is -1.01. The quantitative estimate of drug-likeness (QED) is 0.835. The highest BCUT2D eigenvalue weighted by atomic mass is 16.4. The second-order valence-corrected chi connectivity index (χ2v) is 4.66. The molecular weight excluding hydrogens is 244 g/mol. The van der Waals surface area contributed by atoms with E-state index in [4.69, 9.17) is 5.73 Å². The van der Waals surface area contributed by atoms with Crippen LogP contribution in [0.5, 0.6) is 0 Å². The molecule has 2 aromatic heterocycles. The van der Waals surface area contributed by atoms with Crippen molar-refractivity contribution in [1.82, 2.24) is 14.5 Å². The molecule has 1 atom stereocenters. The summed E-state index contributed by atoms with van der Waals surface area (Å²) in [6, 6.07) is 5.51. The summed E-state index contributed by atoms with van der Waals surface area (Å²) in [5.74, 6) is -0.403. The molecule has 0 saturated heterocycles. The van der Waals surface area contributed by atoms with E-state index in [1.807, 2.05) is 22.8 Å². The van der Waals surface area contributed by atoms with Gasteiger partial charge in [0.1, 0.15) is 5.69 Å². The Morgan fingerprint density at radius 1 is 1.47 bits per heavy atom. The molecule has 0 spiro atoms. The molecule has 1 aliphatic heterocycles. The van der Waals surface area contributed by atoms with Gasteiger partial charge in [-0.15, -0.1) is 0 Å². The van der Waals surface area contributed by atoms with Gasteiger partial charge in [0.15, 0.2) is 11.5 Å². The summed E-state index contributed by atoms with van der Waals surface area (Å²) < 4.78 is 1.93. The molecule has 3 rings (SSSR count). The number of aromatic carboxylic acids is 1. The Balaban J connectivity index is 2.17. The Labute approximate surface area is 109 Å². The van der Waals surface area contributed by atoms with Gasteiger partial charge in [0.05, 0.1) is 5.69 Å². The summed E-state index contributed by atoms with van der Waals surface area (Å²) in [6.07, 6.45) is 3.04. The highest BCUT2D eigenvalue weighted by molar-refractivity contribution is 5.87. The Kier molecular flexibility index (Phi) is 2.79. The third-order valence-electron chi connectivity index (χ3n) is 3.35. The highest BCUT2D eigenvalue weighted by Gasteiger charge is 2.27. The molecule has 3 N–H and O–H groups in total. The first-order valence-corrected chi connectivity index (χ1v) is 6.16. The first-order valence-electron chi connectivity index (χ1n) is 6.16. The number of hydrogen-bond acceptors (Lipinski definition) is 4. The zero-order chi connectivity index (χ0) is 13.4. The van der Waals surface area contributed by atoms with Gasteiger partial charge in [-0.25, -0.2) is 9.78 Å². The van der Waals surface area contributed by atoms with Gasteiger partial charge < -0.3 is 15.4 Å². The summed E-state index contributed by atoms with van der Waals surface area (Å²) >= 11 is 0. The third kappa shape index (κ3) is 2.00. The van der Waals surface area contributed by atoms with Gasteiger partial charge in [-0.2, -0.15) is 0 Å². The van der Waals surface area contributed by atoms with Gasteiger partial charge in [-0.3, -0.25) is 4.98 Å². The molecule has 1 aliphatic rings. The van der Waals surface area contributed by atoms with Crippen molar-refractivity contribution in [3.63, 3.8) is 0 Å². The zero-order valence-electron chi connectivity index (χ0n) is 10.3. The summed E-state index contributed by atoms with van der Waals surface area (Å²) in [5.41, 5.74) is 7.40. The first kappa shape index (κ1) is 11.9. The van der Waals surface area contributed by atoms with Crippen LogP contribution >= 0.6 is 0 Å². The van der Waals surface area contributed by atoms with Gasteiger partial charge in [-0.1, -0.05) is 6.07 Å². The highest BCUT2D eigenvalue weighted by Crippen LogP contribution is 2.26. The van der Waals surface area contributed by atoms with E-state index in [2.05, 4.69) is 9.97 Å². The number of rotatable bonds is 2. The Morgan fingerprint density at radius 3 is 3.00 bits per heavy atom.